The molecule has 2 N–H and O–H groups in total. The minimum atomic E-state index is -0.458. The van der Waals surface area contributed by atoms with Crippen molar-refractivity contribution in [3.63, 3.8) is 0 Å². The highest BCUT2D eigenvalue weighted by molar-refractivity contribution is 5.83. The Labute approximate surface area is 108 Å². The van der Waals surface area contributed by atoms with Gasteiger partial charge in [0.15, 0.2) is 0 Å². The number of nitrogen functional groups attached to an aromatic ring is 1. The topological polar surface area (TPSA) is 48.0 Å². The largest absolute Gasteiger partial charge is 0.394 e. The lowest BCUT2D eigenvalue weighted by atomic mass is 10.2. The van der Waals surface area contributed by atoms with Gasteiger partial charge in [0.25, 0.3) is 5.56 Å². The molecular weight excluding hydrogens is 243 g/mol. The Hall–Kier alpha value is -2.62. The smallest absolute Gasteiger partial charge is 0.278 e. The summed E-state index contributed by atoms with van der Waals surface area (Å²) in [5.41, 5.74) is 6.24. The van der Waals surface area contributed by atoms with Gasteiger partial charge in [-0.25, -0.2) is 4.39 Å². The van der Waals surface area contributed by atoms with Crippen LogP contribution in [0.2, 0.25) is 0 Å². The summed E-state index contributed by atoms with van der Waals surface area (Å²) < 4.78 is 15.2. The number of anilines is 1. The minimum absolute atomic E-state index is 0.0990. The van der Waals surface area contributed by atoms with Gasteiger partial charge in [0.2, 0.25) is 0 Å². The van der Waals surface area contributed by atoms with E-state index in [9.17, 15) is 9.18 Å². The molecule has 0 atom stereocenters. The van der Waals surface area contributed by atoms with Gasteiger partial charge in [0, 0.05) is 5.39 Å². The summed E-state index contributed by atoms with van der Waals surface area (Å²) in [6, 6.07) is 15.0. The van der Waals surface area contributed by atoms with Gasteiger partial charge < -0.3 is 5.73 Å². The van der Waals surface area contributed by atoms with E-state index in [4.69, 9.17) is 5.73 Å². The van der Waals surface area contributed by atoms with Gasteiger partial charge >= 0.3 is 0 Å². The minimum Gasteiger partial charge on any atom is -0.394 e. The first-order chi connectivity index (χ1) is 9.18. The van der Waals surface area contributed by atoms with Gasteiger partial charge in [-0.2, -0.15) is 0 Å². The van der Waals surface area contributed by atoms with Crippen molar-refractivity contribution in [2.75, 3.05) is 5.73 Å². The number of nitrogens with two attached hydrogens (primary N) is 1. The van der Waals surface area contributed by atoms with Crippen molar-refractivity contribution in [1.82, 2.24) is 4.57 Å². The average molecular weight is 254 g/mol. The van der Waals surface area contributed by atoms with Crippen LogP contribution in [0.4, 0.5) is 10.1 Å². The molecule has 0 aliphatic carbocycles. The van der Waals surface area contributed by atoms with Crippen LogP contribution in [0.1, 0.15) is 0 Å². The first-order valence-electron chi connectivity index (χ1n) is 5.83. The van der Waals surface area contributed by atoms with E-state index in [1.165, 1.54) is 10.6 Å². The molecule has 0 saturated heterocycles. The third-order valence-electron chi connectivity index (χ3n) is 3.03. The summed E-state index contributed by atoms with van der Waals surface area (Å²) in [6.07, 6.45) is 0. The fraction of sp³-hybridized carbons (Fsp3) is 0. The van der Waals surface area contributed by atoms with Gasteiger partial charge in [0.05, 0.1) is 16.9 Å². The zero-order valence-corrected chi connectivity index (χ0v) is 10.0. The molecule has 0 bridgehead atoms. The maximum absolute atomic E-state index is 13.9. The van der Waals surface area contributed by atoms with E-state index in [1.807, 2.05) is 12.1 Å². The van der Waals surface area contributed by atoms with Crippen LogP contribution < -0.4 is 11.3 Å². The highest BCUT2D eigenvalue weighted by Crippen LogP contribution is 2.20. The summed E-state index contributed by atoms with van der Waals surface area (Å²) in [7, 11) is 0. The van der Waals surface area contributed by atoms with E-state index in [1.54, 1.807) is 36.4 Å². The molecule has 0 aliphatic heterocycles. The van der Waals surface area contributed by atoms with E-state index in [-0.39, 0.29) is 11.4 Å². The number of hydrogen-bond acceptors (Lipinski definition) is 2. The van der Waals surface area contributed by atoms with Crippen molar-refractivity contribution in [1.29, 1.82) is 0 Å². The Morgan fingerprint density at radius 3 is 2.47 bits per heavy atom. The molecular formula is C15H11FN2O. The predicted molar refractivity (Wildman–Crippen MR) is 73.9 cm³/mol. The van der Waals surface area contributed by atoms with E-state index in [2.05, 4.69) is 0 Å². The third-order valence-corrected chi connectivity index (χ3v) is 3.03. The Bertz CT molecular complexity index is 824. The molecule has 1 heterocycles. The van der Waals surface area contributed by atoms with Crippen LogP contribution >= 0.6 is 0 Å². The number of fused-ring (bicyclic) bond motifs is 1. The second-order valence-corrected chi connectivity index (χ2v) is 4.25. The SMILES string of the molecule is Nc1cc2ccccc2n(-c2ccccc2F)c1=O. The fourth-order valence-electron chi connectivity index (χ4n) is 2.15. The molecule has 0 saturated carbocycles. The number of aromatic nitrogens is 1. The van der Waals surface area contributed by atoms with Crippen LogP contribution in [0.3, 0.4) is 0 Å². The molecule has 2 aromatic carbocycles. The maximum atomic E-state index is 13.9. The summed E-state index contributed by atoms with van der Waals surface area (Å²) in [4.78, 5) is 12.2. The summed E-state index contributed by atoms with van der Waals surface area (Å²) in [5, 5.41) is 0.794. The molecule has 0 aliphatic rings. The van der Waals surface area contributed by atoms with Crippen LogP contribution in [0, 0.1) is 5.82 Å². The van der Waals surface area contributed by atoms with Crippen LogP contribution in [0.5, 0.6) is 0 Å². The molecule has 3 rings (SSSR count). The molecule has 0 spiro atoms. The van der Waals surface area contributed by atoms with Crippen LogP contribution in [0.25, 0.3) is 16.6 Å². The lowest BCUT2D eigenvalue weighted by Crippen LogP contribution is -2.22. The lowest BCUT2D eigenvalue weighted by molar-refractivity contribution is 0.618. The van der Waals surface area contributed by atoms with Crippen LogP contribution in [-0.4, -0.2) is 4.57 Å². The first-order valence-corrected chi connectivity index (χ1v) is 5.83. The molecule has 3 aromatic rings. The zero-order valence-electron chi connectivity index (χ0n) is 10.0. The molecule has 1 aromatic heterocycles. The average Bonchev–Trinajstić information content (AvgIpc) is 2.42. The van der Waals surface area contributed by atoms with E-state index in [0.717, 1.165) is 5.39 Å². The van der Waals surface area contributed by atoms with Crippen molar-refractivity contribution < 1.29 is 4.39 Å². The van der Waals surface area contributed by atoms with Crippen LogP contribution in [0.15, 0.2) is 59.4 Å². The Morgan fingerprint density at radius 1 is 1.00 bits per heavy atom. The predicted octanol–water partition coefficient (Wildman–Crippen LogP) is 2.71. The fourth-order valence-corrected chi connectivity index (χ4v) is 2.15. The molecule has 0 unspecified atom stereocenters. The highest BCUT2D eigenvalue weighted by Gasteiger charge is 2.11. The van der Waals surface area contributed by atoms with E-state index >= 15 is 0 Å². The van der Waals surface area contributed by atoms with Crippen LogP contribution in [-0.2, 0) is 0 Å². The summed E-state index contributed by atoms with van der Waals surface area (Å²) in [5.74, 6) is -0.458. The second-order valence-electron chi connectivity index (χ2n) is 4.25. The normalized spacial score (nSPS) is 10.8. The Morgan fingerprint density at radius 2 is 1.68 bits per heavy atom. The van der Waals surface area contributed by atoms with Gasteiger partial charge in [-0.15, -0.1) is 0 Å². The first kappa shape index (κ1) is 11.5. The summed E-state index contributed by atoms with van der Waals surface area (Å²) in [6.45, 7) is 0. The van der Waals surface area contributed by atoms with E-state index in [0.29, 0.717) is 5.52 Å². The van der Waals surface area contributed by atoms with Crippen molar-refractivity contribution in [2.24, 2.45) is 0 Å². The van der Waals surface area contributed by atoms with E-state index < -0.39 is 11.4 Å². The number of para-hydroxylation sites is 2. The van der Waals surface area contributed by atoms with Gasteiger partial charge in [0.1, 0.15) is 5.82 Å². The molecule has 0 amide bonds. The monoisotopic (exact) mass is 254 g/mol. The molecule has 19 heavy (non-hydrogen) atoms. The number of rotatable bonds is 1. The number of benzene rings is 2. The number of pyridine rings is 1. The molecule has 3 nitrogen and oxygen atoms in total. The lowest BCUT2D eigenvalue weighted by Gasteiger charge is -2.12. The molecule has 0 fully saturated rings. The highest BCUT2D eigenvalue weighted by atomic mass is 19.1. The number of nitrogens with zero attached hydrogens (tertiary/aromatic N) is 1. The standard InChI is InChI=1S/C15H11FN2O/c16-11-6-2-4-8-14(11)18-13-7-3-1-5-10(13)9-12(17)15(18)19/h1-9H,17H2. The zero-order chi connectivity index (χ0) is 13.4. The molecule has 0 radical (unpaired) electrons. The van der Waals surface area contributed by atoms with Crippen molar-refractivity contribution in [3.05, 3.63) is 70.8 Å². The van der Waals surface area contributed by atoms with Crippen molar-refractivity contribution in [2.45, 2.75) is 0 Å². The Kier molecular flexibility index (Phi) is 2.56. The van der Waals surface area contributed by atoms with Gasteiger partial charge in [-0.1, -0.05) is 30.3 Å². The Balaban J connectivity index is 2.50. The quantitative estimate of drug-likeness (QED) is 0.725. The molecule has 4 heteroatoms. The van der Waals surface area contributed by atoms with Crippen molar-refractivity contribution in [3.8, 4) is 5.69 Å². The molecule has 94 valence electrons. The maximum Gasteiger partial charge on any atom is 0.278 e. The number of hydrogen-bond donors (Lipinski definition) is 1. The third kappa shape index (κ3) is 1.78. The summed E-state index contributed by atoms with van der Waals surface area (Å²) >= 11 is 0. The van der Waals surface area contributed by atoms with Crippen molar-refractivity contribution >= 4 is 16.6 Å². The van der Waals surface area contributed by atoms with Gasteiger partial charge in [-0.05, 0) is 24.3 Å². The second kappa shape index (κ2) is 4.24. The van der Waals surface area contributed by atoms with Gasteiger partial charge in [-0.3, -0.25) is 9.36 Å². The number of halogens is 1.